The number of para-hydroxylation sites is 2. The summed E-state index contributed by atoms with van der Waals surface area (Å²) in [5.74, 6) is 2.17. The molecule has 1 aromatic heterocycles. The van der Waals surface area contributed by atoms with Crippen LogP contribution >= 0.6 is 0 Å². The minimum absolute atomic E-state index is 0.479. The quantitative estimate of drug-likeness (QED) is 0.759. The maximum absolute atomic E-state index is 9.95. The summed E-state index contributed by atoms with van der Waals surface area (Å²) in [5.41, 5.74) is 1.88. The molecule has 3 aromatic rings. The summed E-state index contributed by atoms with van der Waals surface area (Å²) >= 11 is 0. The van der Waals surface area contributed by atoms with Crippen molar-refractivity contribution in [1.82, 2.24) is 9.55 Å². The number of rotatable bonds is 6. The van der Waals surface area contributed by atoms with Crippen molar-refractivity contribution in [2.75, 3.05) is 13.7 Å². The van der Waals surface area contributed by atoms with Crippen LogP contribution in [0, 0.1) is 0 Å². The molecule has 0 amide bonds. The molecule has 0 saturated heterocycles. The first kappa shape index (κ1) is 15.4. The van der Waals surface area contributed by atoms with Gasteiger partial charge in [0.05, 0.1) is 24.7 Å². The van der Waals surface area contributed by atoms with Gasteiger partial charge in [-0.05, 0) is 31.2 Å². The average Bonchev–Trinajstić information content (AvgIpc) is 2.94. The zero-order chi connectivity index (χ0) is 16.2. The minimum Gasteiger partial charge on any atom is -0.497 e. The van der Waals surface area contributed by atoms with Crippen LogP contribution in [0.2, 0.25) is 0 Å². The third-order valence-corrected chi connectivity index (χ3v) is 3.68. The van der Waals surface area contributed by atoms with Crippen molar-refractivity contribution in [3.8, 4) is 11.5 Å². The van der Waals surface area contributed by atoms with Gasteiger partial charge in [0.1, 0.15) is 30.0 Å². The topological polar surface area (TPSA) is 56.5 Å². The van der Waals surface area contributed by atoms with Crippen LogP contribution in [0.4, 0.5) is 0 Å². The van der Waals surface area contributed by atoms with Crippen LogP contribution in [0.3, 0.4) is 0 Å². The number of nitrogens with zero attached hydrogens (tertiary/aromatic N) is 2. The Morgan fingerprint density at radius 1 is 1.13 bits per heavy atom. The maximum atomic E-state index is 9.95. The molecule has 1 N–H and O–H groups in total. The number of fused-ring (bicyclic) bond motifs is 1. The molecular formula is C18H20N2O3. The molecule has 5 heteroatoms. The number of aromatic nitrogens is 2. The molecule has 120 valence electrons. The van der Waals surface area contributed by atoms with Gasteiger partial charge in [-0.15, -0.1) is 0 Å². The molecule has 0 bridgehead atoms. The lowest BCUT2D eigenvalue weighted by Crippen LogP contribution is -2.12. The van der Waals surface area contributed by atoms with E-state index in [1.165, 1.54) is 0 Å². The van der Waals surface area contributed by atoms with Crippen LogP contribution in [0.15, 0.2) is 48.5 Å². The Labute approximate surface area is 135 Å². The Balaban J connectivity index is 1.77. The molecule has 1 heterocycles. The summed E-state index contributed by atoms with van der Waals surface area (Å²) in [7, 11) is 1.63. The SMILES string of the molecule is COc1cccc(OCCn2c(C(C)O)nc3ccccc32)c1. The standard InChI is InChI=1S/C18H20N2O3/c1-13(21)18-19-16-8-3-4-9-17(16)20(18)10-11-23-15-7-5-6-14(12-15)22-2/h3-9,12-13,21H,10-11H2,1-2H3. The molecule has 1 atom stereocenters. The van der Waals surface area contributed by atoms with Gasteiger partial charge in [-0.25, -0.2) is 4.98 Å². The predicted octanol–water partition coefficient (Wildman–Crippen LogP) is 3.18. The summed E-state index contributed by atoms with van der Waals surface area (Å²) in [4.78, 5) is 4.50. The molecule has 0 radical (unpaired) electrons. The molecule has 0 fully saturated rings. The molecule has 3 rings (SSSR count). The number of hydrogen-bond donors (Lipinski definition) is 1. The van der Waals surface area contributed by atoms with E-state index in [1.54, 1.807) is 14.0 Å². The first-order chi connectivity index (χ1) is 11.2. The van der Waals surface area contributed by atoms with Crippen molar-refractivity contribution in [3.63, 3.8) is 0 Å². The fourth-order valence-corrected chi connectivity index (χ4v) is 2.59. The highest BCUT2D eigenvalue weighted by Gasteiger charge is 2.14. The smallest absolute Gasteiger partial charge is 0.138 e. The van der Waals surface area contributed by atoms with Crippen molar-refractivity contribution in [1.29, 1.82) is 0 Å². The van der Waals surface area contributed by atoms with E-state index in [0.717, 1.165) is 22.5 Å². The molecule has 0 aliphatic carbocycles. The van der Waals surface area contributed by atoms with E-state index in [4.69, 9.17) is 9.47 Å². The zero-order valence-corrected chi connectivity index (χ0v) is 13.3. The largest absolute Gasteiger partial charge is 0.497 e. The van der Waals surface area contributed by atoms with E-state index in [1.807, 2.05) is 53.1 Å². The monoisotopic (exact) mass is 312 g/mol. The molecule has 0 aliphatic heterocycles. The van der Waals surface area contributed by atoms with Gasteiger partial charge < -0.3 is 19.1 Å². The Hall–Kier alpha value is -2.53. The molecule has 5 nitrogen and oxygen atoms in total. The van der Waals surface area contributed by atoms with Gasteiger partial charge in [0.25, 0.3) is 0 Å². The fourth-order valence-electron chi connectivity index (χ4n) is 2.59. The molecule has 23 heavy (non-hydrogen) atoms. The van der Waals surface area contributed by atoms with E-state index >= 15 is 0 Å². The number of aliphatic hydroxyl groups is 1. The molecule has 1 unspecified atom stereocenters. The summed E-state index contributed by atoms with van der Waals surface area (Å²) in [5, 5.41) is 9.95. The van der Waals surface area contributed by atoms with E-state index in [0.29, 0.717) is 19.0 Å². The Bertz CT molecular complexity index is 796. The van der Waals surface area contributed by atoms with Crippen LogP contribution < -0.4 is 9.47 Å². The molecular weight excluding hydrogens is 292 g/mol. The highest BCUT2D eigenvalue weighted by Crippen LogP contribution is 2.22. The first-order valence-corrected chi connectivity index (χ1v) is 7.59. The number of aliphatic hydroxyl groups excluding tert-OH is 1. The van der Waals surface area contributed by atoms with Gasteiger partial charge in [-0.3, -0.25) is 0 Å². The number of hydrogen-bond acceptors (Lipinski definition) is 4. The number of methoxy groups -OCH3 is 1. The summed E-state index contributed by atoms with van der Waals surface area (Å²) < 4.78 is 13.0. The third-order valence-electron chi connectivity index (χ3n) is 3.68. The Morgan fingerprint density at radius 3 is 2.70 bits per heavy atom. The second-order valence-electron chi connectivity index (χ2n) is 5.31. The van der Waals surface area contributed by atoms with Gasteiger partial charge in [-0.2, -0.15) is 0 Å². The molecule has 0 saturated carbocycles. The second kappa shape index (κ2) is 6.71. The van der Waals surface area contributed by atoms with Crippen LogP contribution in [0.25, 0.3) is 11.0 Å². The lowest BCUT2D eigenvalue weighted by Gasteiger charge is -2.12. The number of benzene rings is 2. The zero-order valence-electron chi connectivity index (χ0n) is 13.3. The van der Waals surface area contributed by atoms with Crippen LogP contribution in [0.5, 0.6) is 11.5 Å². The molecule has 0 aliphatic rings. The Kier molecular flexibility index (Phi) is 4.48. The second-order valence-corrected chi connectivity index (χ2v) is 5.31. The van der Waals surface area contributed by atoms with Crippen LogP contribution in [-0.4, -0.2) is 28.4 Å². The summed E-state index contributed by atoms with van der Waals surface area (Å²) in [6, 6.07) is 15.4. The fraction of sp³-hybridized carbons (Fsp3) is 0.278. The van der Waals surface area contributed by atoms with Gasteiger partial charge in [0, 0.05) is 6.07 Å². The Morgan fingerprint density at radius 2 is 1.91 bits per heavy atom. The average molecular weight is 312 g/mol. The normalized spacial score (nSPS) is 12.3. The van der Waals surface area contributed by atoms with Crippen LogP contribution in [-0.2, 0) is 6.54 Å². The summed E-state index contributed by atoms with van der Waals surface area (Å²) in [6.45, 7) is 2.81. The third kappa shape index (κ3) is 3.29. The summed E-state index contributed by atoms with van der Waals surface area (Å²) in [6.07, 6.45) is -0.626. The van der Waals surface area contributed by atoms with E-state index in [-0.39, 0.29) is 0 Å². The minimum atomic E-state index is -0.626. The maximum Gasteiger partial charge on any atom is 0.138 e. The molecule has 2 aromatic carbocycles. The first-order valence-electron chi connectivity index (χ1n) is 7.59. The lowest BCUT2D eigenvalue weighted by molar-refractivity contribution is 0.181. The van der Waals surface area contributed by atoms with Crippen molar-refractivity contribution >= 4 is 11.0 Å². The number of imidazole rings is 1. The van der Waals surface area contributed by atoms with Crippen molar-refractivity contribution in [3.05, 3.63) is 54.4 Å². The van der Waals surface area contributed by atoms with E-state index in [9.17, 15) is 5.11 Å². The van der Waals surface area contributed by atoms with Crippen molar-refractivity contribution < 1.29 is 14.6 Å². The van der Waals surface area contributed by atoms with Gasteiger partial charge >= 0.3 is 0 Å². The number of ether oxygens (including phenoxy) is 2. The van der Waals surface area contributed by atoms with E-state index < -0.39 is 6.10 Å². The van der Waals surface area contributed by atoms with Crippen molar-refractivity contribution in [2.45, 2.75) is 19.6 Å². The molecule has 0 spiro atoms. The van der Waals surface area contributed by atoms with E-state index in [2.05, 4.69) is 4.98 Å². The van der Waals surface area contributed by atoms with Crippen molar-refractivity contribution in [2.24, 2.45) is 0 Å². The highest BCUT2D eigenvalue weighted by atomic mass is 16.5. The van der Waals surface area contributed by atoms with Gasteiger partial charge in [0.2, 0.25) is 0 Å². The van der Waals surface area contributed by atoms with Crippen LogP contribution in [0.1, 0.15) is 18.9 Å². The van der Waals surface area contributed by atoms with Gasteiger partial charge in [-0.1, -0.05) is 18.2 Å². The highest BCUT2D eigenvalue weighted by molar-refractivity contribution is 5.76. The lowest BCUT2D eigenvalue weighted by atomic mass is 10.3. The predicted molar refractivity (Wildman–Crippen MR) is 88.9 cm³/mol. The van der Waals surface area contributed by atoms with Gasteiger partial charge in [0.15, 0.2) is 0 Å².